The van der Waals surface area contributed by atoms with E-state index < -0.39 is 5.97 Å². The summed E-state index contributed by atoms with van der Waals surface area (Å²) in [6, 6.07) is 5.50. The maximum absolute atomic E-state index is 11.9. The average molecular weight is 301 g/mol. The predicted molar refractivity (Wildman–Crippen MR) is 83.0 cm³/mol. The number of furan rings is 1. The van der Waals surface area contributed by atoms with Crippen molar-refractivity contribution in [2.45, 2.75) is 27.7 Å². The van der Waals surface area contributed by atoms with Crippen molar-refractivity contribution in [3.63, 3.8) is 0 Å². The molecule has 1 aromatic heterocycles. The van der Waals surface area contributed by atoms with Crippen molar-refractivity contribution in [1.82, 2.24) is 0 Å². The Hall–Kier alpha value is -2.56. The van der Waals surface area contributed by atoms with Gasteiger partial charge in [0.15, 0.2) is 6.61 Å². The number of amides is 1. The molecule has 0 radical (unpaired) electrons. The van der Waals surface area contributed by atoms with Crippen molar-refractivity contribution < 1.29 is 18.7 Å². The maximum Gasteiger partial charge on any atom is 0.342 e. The molecule has 5 nitrogen and oxygen atoms in total. The third-order valence-corrected chi connectivity index (χ3v) is 3.35. The first kappa shape index (κ1) is 15.8. The lowest BCUT2D eigenvalue weighted by Crippen LogP contribution is -2.22. The van der Waals surface area contributed by atoms with Gasteiger partial charge in [0.2, 0.25) is 0 Å². The summed E-state index contributed by atoms with van der Waals surface area (Å²) in [6.07, 6.45) is 1.41. The van der Waals surface area contributed by atoms with Crippen LogP contribution in [0.1, 0.15) is 32.8 Å². The van der Waals surface area contributed by atoms with Crippen LogP contribution >= 0.6 is 0 Å². The first-order chi connectivity index (χ1) is 10.4. The molecule has 1 aromatic carbocycles. The van der Waals surface area contributed by atoms with Gasteiger partial charge in [0, 0.05) is 5.69 Å². The first-order valence-corrected chi connectivity index (χ1v) is 6.97. The van der Waals surface area contributed by atoms with Gasteiger partial charge in [-0.3, -0.25) is 4.79 Å². The lowest BCUT2D eigenvalue weighted by molar-refractivity contribution is -0.119. The van der Waals surface area contributed by atoms with Gasteiger partial charge in [0.25, 0.3) is 5.91 Å². The van der Waals surface area contributed by atoms with Crippen LogP contribution < -0.4 is 5.32 Å². The molecule has 2 aromatic rings. The number of anilines is 1. The fraction of sp³-hybridized carbons (Fsp3) is 0.294. The quantitative estimate of drug-likeness (QED) is 0.880. The third-order valence-electron chi connectivity index (χ3n) is 3.35. The van der Waals surface area contributed by atoms with Crippen molar-refractivity contribution >= 4 is 17.6 Å². The van der Waals surface area contributed by atoms with E-state index in [4.69, 9.17) is 9.15 Å². The zero-order chi connectivity index (χ0) is 16.3. The summed E-state index contributed by atoms with van der Waals surface area (Å²) in [5.74, 6) is -0.473. The molecule has 0 fully saturated rings. The summed E-state index contributed by atoms with van der Waals surface area (Å²) in [4.78, 5) is 23.7. The summed E-state index contributed by atoms with van der Waals surface area (Å²) in [5, 5.41) is 2.78. The molecule has 1 amide bonds. The molecule has 0 bridgehead atoms. The van der Waals surface area contributed by atoms with Gasteiger partial charge in [0.05, 0.1) is 6.26 Å². The van der Waals surface area contributed by atoms with Gasteiger partial charge in [-0.2, -0.15) is 0 Å². The fourth-order valence-corrected chi connectivity index (χ4v) is 2.36. The Kier molecular flexibility index (Phi) is 4.65. The molecule has 0 aliphatic heterocycles. The molecule has 0 unspecified atom stereocenters. The van der Waals surface area contributed by atoms with E-state index in [1.54, 1.807) is 6.92 Å². The van der Waals surface area contributed by atoms with Gasteiger partial charge in [-0.1, -0.05) is 17.7 Å². The van der Waals surface area contributed by atoms with E-state index >= 15 is 0 Å². The molecule has 1 heterocycles. The van der Waals surface area contributed by atoms with Crippen LogP contribution in [0.3, 0.4) is 0 Å². The summed E-state index contributed by atoms with van der Waals surface area (Å²) in [7, 11) is 0. The molecule has 22 heavy (non-hydrogen) atoms. The Morgan fingerprint density at radius 2 is 1.77 bits per heavy atom. The van der Waals surface area contributed by atoms with Gasteiger partial charge in [0.1, 0.15) is 11.3 Å². The number of nitrogens with one attached hydrogen (secondary N) is 1. The highest BCUT2D eigenvalue weighted by atomic mass is 16.5. The van der Waals surface area contributed by atoms with Crippen LogP contribution in [-0.4, -0.2) is 18.5 Å². The maximum atomic E-state index is 11.9. The van der Waals surface area contributed by atoms with Crippen molar-refractivity contribution in [2.75, 3.05) is 11.9 Å². The van der Waals surface area contributed by atoms with Crippen LogP contribution in [0.15, 0.2) is 28.9 Å². The highest BCUT2D eigenvalue weighted by Crippen LogP contribution is 2.21. The Labute approximate surface area is 129 Å². The van der Waals surface area contributed by atoms with E-state index in [9.17, 15) is 9.59 Å². The summed E-state index contributed by atoms with van der Waals surface area (Å²) >= 11 is 0. The van der Waals surface area contributed by atoms with Crippen molar-refractivity contribution in [3.05, 3.63) is 52.5 Å². The Balaban J connectivity index is 1.97. The number of carbonyl (C=O) groups excluding carboxylic acids is 2. The minimum absolute atomic E-state index is 0.329. The summed E-state index contributed by atoms with van der Waals surface area (Å²) in [6.45, 7) is 7.18. The van der Waals surface area contributed by atoms with E-state index in [2.05, 4.69) is 5.32 Å². The number of carbonyl (C=O) groups is 2. The summed E-state index contributed by atoms with van der Waals surface area (Å²) in [5.41, 5.74) is 4.17. The van der Waals surface area contributed by atoms with Crippen LogP contribution in [0.25, 0.3) is 0 Å². The van der Waals surface area contributed by atoms with Crippen LogP contribution in [-0.2, 0) is 9.53 Å². The zero-order valence-corrected chi connectivity index (χ0v) is 13.1. The standard InChI is InChI=1S/C17H19NO4/c1-10-7-11(2)16(12(3)8-10)18-15(19)9-22-17(20)14-5-6-21-13(14)4/h5-8H,9H2,1-4H3,(H,18,19). The first-order valence-electron chi connectivity index (χ1n) is 6.97. The molecule has 0 atom stereocenters. The zero-order valence-electron chi connectivity index (χ0n) is 13.1. The largest absolute Gasteiger partial charge is 0.469 e. The average Bonchev–Trinajstić information content (AvgIpc) is 2.86. The van der Waals surface area contributed by atoms with Gasteiger partial charge < -0.3 is 14.5 Å². The molecule has 0 saturated carbocycles. The van der Waals surface area contributed by atoms with E-state index in [1.165, 1.54) is 12.3 Å². The molecular weight excluding hydrogens is 282 g/mol. The van der Waals surface area contributed by atoms with Gasteiger partial charge in [-0.25, -0.2) is 4.79 Å². The van der Waals surface area contributed by atoms with Crippen LogP contribution in [0.4, 0.5) is 5.69 Å². The molecular formula is C17H19NO4. The molecule has 0 aliphatic carbocycles. The Morgan fingerprint density at radius 1 is 1.14 bits per heavy atom. The number of aryl methyl sites for hydroxylation is 4. The fourth-order valence-electron chi connectivity index (χ4n) is 2.36. The second kappa shape index (κ2) is 6.47. The van der Waals surface area contributed by atoms with Crippen molar-refractivity contribution in [1.29, 1.82) is 0 Å². The molecule has 1 N–H and O–H groups in total. The van der Waals surface area contributed by atoms with Gasteiger partial charge in [-0.05, 0) is 44.9 Å². The Bertz CT molecular complexity index is 692. The molecule has 0 aliphatic rings. The Morgan fingerprint density at radius 3 is 2.32 bits per heavy atom. The predicted octanol–water partition coefficient (Wildman–Crippen LogP) is 3.31. The highest BCUT2D eigenvalue weighted by Gasteiger charge is 2.15. The molecule has 5 heteroatoms. The lowest BCUT2D eigenvalue weighted by Gasteiger charge is -2.12. The lowest BCUT2D eigenvalue weighted by atomic mass is 10.1. The molecule has 116 valence electrons. The number of rotatable bonds is 4. The second-order valence-corrected chi connectivity index (χ2v) is 5.29. The van der Waals surface area contributed by atoms with E-state index in [0.29, 0.717) is 11.3 Å². The SMILES string of the molecule is Cc1cc(C)c(NC(=O)COC(=O)c2ccoc2C)c(C)c1. The van der Waals surface area contributed by atoms with Gasteiger partial charge in [-0.15, -0.1) is 0 Å². The smallest absolute Gasteiger partial charge is 0.342 e. The third kappa shape index (κ3) is 3.55. The van der Waals surface area contributed by atoms with Crippen LogP contribution in [0.5, 0.6) is 0 Å². The minimum Gasteiger partial charge on any atom is -0.469 e. The van der Waals surface area contributed by atoms with Gasteiger partial charge >= 0.3 is 5.97 Å². The second-order valence-electron chi connectivity index (χ2n) is 5.29. The molecule has 0 saturated heterocycles. The van der Waals surface area contributed by atoms with E-state index in [1.807, 2.05) is 32.9 Å². The number of benzene rings is 1. The van der Waals surface area contributed by atoms with Crippen LogP contribution in [0.2, 0.25) is 0 Å². The number of hydrogen-bond acceptors (Lipinski definition) is 4. The highest BCUT2D eigenvalue weighted by molar-refractivity contribution is 5.96. The van der Waals surface area contributed by atoms with E-state index in [0.717, 1.165) is 22.4 Å². The topological polar surface area (TPSA) is 68.5 Å². The monoisotopic (exact) mass is 301 g/mol. The van der Waals surface area contributed by atoms with Crippen molar-refractivity contribution in [3.8, 4) is 0 Å². The molecule has 2 rings (SSSR count). The number of ether oxygens (including phenoxy) is 1. The van der Waals surface area contributed by atoms with Crippen molar-refractivity contribution in [2.24, 2.45) is 0 Å². The normalized spacial score (nSPS) is 10.4. The van der Waals surface area contributed by atoms with E-state index in [-0.39, 0.29) is 12.5 Å². The molecule has 0 spiro atoms. The minimum atomic E-state index is -0.571. The number of esters is 1. The summed E-state index contributed by atoms with van der Waals surface area (Å²) < 4.78 is 10.0. The van der Waals surface area contributed by atoms with Crippen LogP contribution in [0, 0.1) is 27.7 Å². The number of hydrogen-bond donors (Lipinski definition) is 1.